The van der Waals surface area contributed by atoms with E-state index in [1.54, 1.807) is 0 Å². The average Bonchev–Trinajstić information content (AvgIpc) is 2.99. The summed E-state index contributed by atoms with van der Waals surface area (Å²) in [6, 6.07) is 13.2. The third-order valence-electron chi connectivity index (χ3n) is 4.89. The lowest BCUT2D eigenvalue weighted by Gasteiger charge is -2.42. The smallest absolute Gasteiger partial charge is 0.319 e. The summed E-state index contributed by atoms with van der Waals surface area (Å²) in [5.41, 5.74) is 3.99. The first-order valence-electron chi connectivity index (χ1n) is 8.05. The van der Waals surface area contributed by atoms with Gasteiger partial charge < -0.3 is 14.2 Å². The summed E-state index contributed by atoms with van der Waals surface area (Å²) in [5, 5.41) is 0. The molecule has 0 amide bonds. The maximum Gasteiger partial charge on any atom is 0.319 e. The molecule has 0 N–H and O–H groups in total. The second-order valence-electron chi connectivity index (χ2n) is 6.21. The fourth-order valence-electron chi connectivity index (χ4n) is 3.75. The SMILES string of the molecule is COC(=O)CN1CCN2c3ccccc3Cn3cccc3C2C1. The molecule has 0 aliphatic carbocycles. The second-order valence-corrected chi connectivity index (χ2v) is 6.21. The van der Waals surface area contributed by atoms with Crippen molar-refractivity contribution in [3.05, 3.63) is 53.9 Å². The Hall–Kier alpha value is -2.27. The maximum atomic E-state index is 11.6. The van der Waals surface area contributed by atoms with Gasteiger partial charge in [-0.05, 0) is 23.8 Å². The fourth-order valence-corrected chi connectivity index (χ4v) is 3.75. The Bertz CT molecular complexity index is 725. The fraction of sp³-hybridized carbons (Fsp3) is 0.389. The van der Waals surface area contributed by atoms with Crippen molar-refractivity contribution in [3.63, 3.8) is 0 Å². The highest BCUT2D eigenvalue weighted by molar-refractivity contribution is 5.71. The van der Waals surface area contributed by atoms with Crippen LogP contribution in [0.5, 0.6) is 0 Å². The van der Waals surface area contributed by atoms with Gasteiger partial charge in [0, 0.05) is 43.8 Å². The molecule has 120 valence electrons. The predicted octanol–water partition coefficient (Wildman–Crippen LogP) is 1.89. The van der Waals surface area contributed by atoms with E-state index in [0.29, 0.717) is 6.54 Å². The van der Waals surface area contributed by atoms with Crippen molar-refractivity contribution in [2.45, 2.75) is 12.6 Å². The van der Waals surface area contributed by atoms with Gasteiger partial charge in [-0.15, -0.1) is 0 Å². The lowest BCUT2D eigenvalue weighted by atomic mass is 10.1. The summed E-state index contributed by atoms with van der Waals surface area (Å²) in [6.07, 6.45) is 2.15. The molecule has 2 aromatic rings. The number of benzene rings is 1. The number of fused-ring (bicyclic) bond motifs is 5. The van der Waals surface area contributed by atoms with Crippen LogP contribution in [0.3, 0.4) is 0 Å². The molecule has 5 heteroatoms. The molecule has 2 aliphatic heterocycles. The molecule has 0 saturated carbocycles. The van der Waals surface area contributed by atoms with Crippen LogP contribution < -0.4 is 4.90 Å². The lowest BCUT2D eigenvalue weighted by molar-refractivity contribution is -0.142. The normalized spacial score (nSPS) is 20.2. The van der Waals surface area contributed by atoms with E-state index in [9.17, 15) is 4.79 Å². The lowest BCUT2D eigenvalue weighted by Crippen LogP contribution is -2.50. The van der Waals surface area contributed by atoms with Gasteiger partial charge in [-0.2, -0.15) is 0 Å². The molecule has 3 heterocycles. The number of piperazine rings is 1. The van der Waals surface area contributed by atoms with E-state index in [2.05, 4.69) is 57.0 Å². The molecule has 0 bridgehead atoms. The van der Waals surface area contributed by atoms with Crippen LogP contribution in [0.4, 0.5) is 5.69 Å². The molecule has 1 unspecified atom stereocenters. The topological polar surface area (TPSA) is 37.7 Å². The van der Waals surface area contributed by atoms with Crippen molar-refractivity contribution in [1.82, 2.24) is 9.47 Å². The van der Waals surface area contributed by atoms with Crippen LogP contribution in [0.1, 0.15) is 17.3 Å². The van der Waals surface area contributed by atoms with Gasteiger partial charge in [0.15, 0.2) is 0 Å². The minimum Gasteiger partial charge on any atom is -0.468 e. The molecule has 1 saturated heterocycles. The van der Waals surface area contributed by atoms with Gasteiger partial charge in [0.2, 0.25) is 0 Å². The van der Waals surface area contributed by atoms with Crippen LogP contribution in [-0.4, -0.2) is 48.7 Å². The van der Waals surface area contributed by atoms with Crippen molar-refractivity contribution in [1.29, 1.82) is 0 Å². The summed E-state index contributed by atoms with van der Waals surface area (Å²) < 4.78 is 7.15. The molecule has 23 heavy (non-hydrogen) atoms. The highest BCUT2D eigenvalue weighted by Crippen LogP contribution is 2.36. The number of hydrogen-bond donors (Lipinski definition) is 0. The van der Waals surface area contributed by atoms with Crippen molar-refractivity contribution in [2.24, 2.45) is 0 Å². The van der Waals surface area contributed by atoms with E-state index in [1.807, 2.05) is 0 Å². The first-order chi connectivity index (χ1) is 11.3. The Kier molecular flexibility index (Phi) is 3.58. The zero-order valence-corrected chi connectivity index (χ0v) is 13.3. The molecule has 5 nitrogen and oxygen atoms in total. The van der Waals surface area contributed by atoms with Crippen LogP contribution in [0.15, 0.2) is 42.6 Å². The quantitative estimate of drug-likeness (QED) is 0.794. The van der Waals surface area contributed by atoms with Gasteiger partial charge in [-0.1, -0.05) is 18.2 Å². The van der Waals surface area contributed by atoms with E-state index >= 15 is 0 Å². The summed E-state index contributed by atoms with van der Waals surface area (Å²) in [7, 11) is 1.45. The van der Waals surface area contributed by atoms with Gasteiger partial charge in [0.1, 0.15) is 0 Å². The number of rotatable bonds is 2. The largest absolute Gasteiger partial charge is 0.468 e. The van der Waals surface area contributed by atoms with Crippen LogP contribution in [-0.2, 0) is 16.1 Å². The number of methoxy groups -OCH3 is 1. The zero-order chi connectivity index (χ0) is 15.8. The van der Waals surface area contributed by atoms with Crippen molar-refractivity contribution >= 4 is 11.7 Å². The second kappa shape index (κ2) is 5.74. The van der Waals surface area contributed by atoms with Crippen LogP contribution >= 0.6 is 0 Å². The summed E-state index contributed by atoms with van der Waals surface area (Å²) >= 11 is 0. The molecule has 2 aliphatic rings. The number of para-hydroxylation sites is 1. The van der Waals surface area contributed by atoms with Gasteiger partial charge in [-0.25, -0.2) is 0 Å². The zero-order valence-electron chi connectivity index (χ0n) is 13.3. The van der Waals surface area contributed by atoms with Gasteiger partial charge in [-0.3, -0.25) is 9.69 Å². The Labute approximate surface area is 136 Å². The number of aromatic nitrogens is 1. The number of esters is 1. The first-order valence-corrected chi connectivity index (χ1v) is 8.05. The minimum absolute atomic E-state index is 0.164. The van der Waals surface area contributed by atoms with Gasteiger partial charge in [0.25, 0.3) is 0 Å². The Balaban J connectivity index is 1.69. The van der Waals surface area contributed by atoms with Gasteiger partial charge >= 0.3 is 5.97 Å². The predicted molar refractivity (Wildman–Crippen MR) is 88.5 cm³/mol. The standard InChI is InChI=1S/C18H21N3O2/c1-23-18(22)13-19-9-10-21-15-6-3-2-5-14(15)11-20-8-4-7-16(20)17(21)12-19/h2-8,17H,9-13H2,1H3. The van der Waals surface area contributed by atoms with Crippen LogP contribution in [0, 0.1) is 0 Å². The number of anilines is 1. The number of carbonyl (C=O) groups is 1. The van der Waals surface area contributed by atoms with Gasteiger partial charge in [0.05, 0.1) is 19.7 Å². The monoisotopic (exact) mass is 311 g/mol. The Morgan fingerprint density at radius 2 is 2.09 bits per heavy atom. The molecule has 1 aromatic carbocycles. The number of carbonyl (C=O) groups excluding carboxylic acids is 1. The van der Waals surface area contributed by atoms with E-state index in [0.717, 1.165) is 26.2 Å². The Morgan fingerprint density at radius 3 is 2.96 bits per heavy atom. The van der Waals surface area contributed by atoms with E-state index in [4.69, 9.17) is 4.74 Å². The Morgan fingerprint density at radius 1 is 1.22 bits per heavy atom. The first kappa shape index (κ1) is 14.3. The molecule has 1 fully saturated rings. The number of nitrogens with zero attached hydrogens (tertiary/aromatic N) is 3. The number of ether oxygens (including phenoxy) is 1. The van der Waals surface area contributed by atoms with Crippen molar-refractivity contribution in [3.8, 4) is 0 Å². The third kappa shape index (κ3) is 2.51. The molecular weight excluding hydrogens is 290 g/mol. The third-order valence-corrected chi connectivity index (χ3v) is 4.89. The summed E-state index contributed by atoms with van der Waals surface area (Å²) in [4.78, 5) is 16.3. The van der Waals surface area contributed by atoms with E-state index < -0.39 is 0 Å². The average molecular weight is 311 g/mol. The minimum atomic E-state index is -0.164. The molecular formula is C18H21N3O2. The van der Waals surface area contributed by atoms with Crippen molar-refractivity contribution in [2.75, 3.05) is 38.2 Å². The summed E-state index contributed by atoms with van der Waals surface area (Å²) in [5.74, 6) is -0.164. The highest BCUT2D eigenvalue weighted by Gasteiger charge is 2.33. The molecule has 4 rings (SSSR count). The molecule has 0 spiro atoms. The molecule has 0 radical (unpaired) electrons. The van der Waals surface area contributed by atoms with E-state index in [-0.39, 0.29) is 12.0 Å². The maximum absolute atomic E-state index is 11.6. The molecule has 1 atom stereocenters. The van der Waals surface area contributed by atoms with Crippen LogP contribution in [0.25, 0.3) is 0 Å². The van der Waals surface area contributed by atoms with Crippen LogP contribution in [0.2, 0.25) is 0 Å². The molecule has 1 aromatic heterocycles. The number of hydrogen-bond acceptors (Lipinski definition) is 4. The van der Waals surface area contributed by atoms with Crippen molar-refractivity contribution < 1.29 is 9.53 Å². The highest BCUT2D eigenvalue weighted by atomic mass is 16.5. The van der Waals surface area contributed by atoms with E-state index in [1.165, 1.54) is 24.1 Å². The summed E-state index contributed by atoms with van der Waals surface area (Å²) in [6.45, 7) is 3.91.